The Morgan fingerprint density at radius 1 is 0.789 bits per heavy atom. The zero-order chi connectivity index (χ0) is 12.2. The first-order chi connectivity index (χ1) is 8.93. The molecule has 1 radical (unpaired) electrons. The summed E-state index contributed by atoms with van der Waals surface area (Å²) in [5.41, 5.74) is 2.84. The minimum Gasteiger partial charge on any atom is -0.305 e. The maximum Gasteiger partial charge on any atom is 0.117 e. The summed E-state index contributed by atoms with van der Waals surface area (Å²) < 4.78 is 0. The molecule has 3 nitrogen and oxygen atoms in total. The molecule has 0 spiro atoms. The van der Waals surface area contributed by atoms with Gasteiger partial charge in [-0.15, -0.1) is 29.8 Å². The number of nitrogens with zero attached hydrogens (tertiary/aromatic N) is 3. The molecule has 0 fully saturated rings. The van der Waals surface area contributed by atoms with Crippen LogP contribution in [0.1, 0.15) is 0 Å². The molecule has 0 N–H and O–H groups in total. The average Bonchev–Trinajstić information content (AvgIpc) is 2.49. The van der Waals surface area contributed by atoms with Gasteiger partial charge in [-0.2, -0.15) is 0 Å². The molecule has 0 saturated carbocycles. The van der Waals surface area contributed by atoms with Crippen LogP contribution < -0.4 is 0 Å². The van der Waals surface area contributed by atoms with E-state index in [1.165, 1.54) is 0 Å². The Morgan fingerprint density at radius 3 is 2.21 bits per heavy atom. The summed E-state index contributed by atoms with van der Waals surface area (Å²) in [6.07, 6.45) is 5.24. The molecule has 0 amide bonds. The Balaban J connectivity index is 0.00000133. The molecule has 2 heterocycles. The normalized spacial score (nSPS) is 9.68. The van der Waals surface area contributed by atoms with Crippen LogP contribution in [0.15, 0.2) is 61.1 Å². The SMILES string of the molecule is [Ir].[c-]1cc(-c2ncccn2)ccc1-c1ccccn1. The van der Waals surface area contributed by atoms with Crippen LogP contribution in [-0.4, -0.2) is 15.0 Å². The van der Waals surface area contributed by atoms with Crippen LogP contribution in [-0.2, 0) is 20.1 Å². The van der Waals surface area contributed by atoms with Gasteiger partial charge in [0.1, 0.15) is 5.82 Å². The Bertz CT molecular complexity index is 566. The molecule has 4 heteroatoms. The van der Waals surface area contributed by atoms with Gasteiger partial charge in [0.2, 0.25) is 0 Å². The van der Waals surface area contributed by atoms with Crippen molar-refractivity contribution < 1.29 is 20.1 Å². The van der Waals surface area contributed by atoms with E-state index in [0.29, 0.717) is 5.82 Å². The number of hydrogen-bond acceptors (Lipinski definition) is 3. The fourth-order valence-corrected chi connectivity index (χ4v) is 1.69. The van der Waals surface area contributed by atoms with Crippen LogP contribution in [0.4, 0.5) is 0 Å². The van der Waals surface area contributed by atoms with Gasteiger partial charge in [0.05, 0.1) is 0 Å². The standard InChI is InChI=1S/C15H10N3.Ir/c1-2-9-16-14(4-1)12-5-7-13(8-6-12)15-17-10-3-11-18-15;/h1-5,7-11H;/q-1;. The molecular formula is C15H10IrN3-. The monoisotopic (exact) mass is 425 g/mol. The summed E-state index contributed by atoms with van der Waals surface area (Å²) >= 11 is 0. The van der Waals surface area contributed by atoms with Crippen LogP contribution in [0.2, 0.25) is 0 Å². The van der Waals surface area contributed by atoms with Crippen LogP contribution in [0.5, 0.6) is 0 Å². The van der Waals surface area contributed by atoms with Crippen molar-refractivity contribution in [2.45, 2.75) is 0 Å². The van der Waals surface area contributed by atoms with E-state index >= 15 is 0 Å². The van der Waals surface area contributed by atoms with Crippen molar-refractivity contribution in [3.63, 3.8) is 0 Å². The molecule has 0 atom stereocenters. The van der Waals surface area contributed by atoms with Gasteiger partial charge in [-0.05, 0) is 17.8 Å². The van der Waals surface area contributed by atoms with Crippen molar-refractivity contribution in [1.82, 2.24) is 15.0 Å². The number of hydrogen-bond donors (Lipinski definition) is 0. The average molecular weight is 424 g/mol. The second-order valence-corrected chi connectivity index (χ2v) is 3.78. The quantitative estimate of drug-likeness (QED) is 0.594. The third-order valence-corrected chi connectivity index (χ3v) is 2.58. The molecular weight excluding hydrogens is 414 g/mol. The number of aromatic nitrogens is 3. The zero-order valence-corrected chi connectivity index (χ0v) is 12.3. The summed E-state index contributed by atoms with van der Waals surface area (Å²) in [7, 11) is 0. The number of rotatable bonds is 2. The second kappa shape index (κ2) is 6.32. The van der Waals surface area contributed by atoms with E-state index in [-0.39, 0.29) is 20.1 Å². The molecule has 0 saturated heterocycles. The number of benzene rings is 1. The largest absolute Gasteiger partial charge is 0.305 e. The molecule has 19 heavy (non-hydrogen) atoms. The third-order valence-electron chi connectivity index (χ3n) is 2.58. The van der Waals surface area contributed by atoms with E-state index in [1.807, 2.05) is 36.4 Å². The van der Waals surface area contributed by atoms with Crippen molar-refractivity contribution in [2.24, 2.45) is 0 Å². The van der Waals surface area contributed by atoms with Crippen LogP contribution >= 0.6 is 0 Å². The van der Waals surface area contributed by atoms with Crippen molar-refractivity contribution in [1.29, 1.82) is 0 Å². The van der Waals surface area contributed by atoms with Crippen LogP contribution in [0.3, 0.4) is 0 Å². The van der Waals surface area contributed by atoms with Gasteiger partial charge in [0, 0.05) is 38.7 Å². The Hall–Kier alpha value is -1.90. The molecule has 0 aliphatic rings. The summed E-state index contributed by atoms with van der Waals surface area (Å²) in [6.45, 7) is 0. The molecule has 3 aromatic rings. The smallest absolute Gasteiger partial charge is 0.117 e. The van der Waals surface area contributed by atoms with Crippen LogP contribution in [0.25, 0.3) is 22.6 Å². The van der Waals surface area contributed by atoms with E-state index in [4.69, 9.17) is 0 Å². The third kappa shape index (κ3) is 3.11. The fraction of sp³-hybridized carbons (Fsp3) is 0. The van der Waals surface area contributed by atoms with Gasteiger partial charge >= 0.3 is 0 Å². The summed E-state index contributed by atoms with van der Waals surface area (Å²) in [6, 6.07) is 16.7. The molecule has 0 unspecified atom stereocenters. The van der Waals surface area contributed by atoms with Gasteiger partial charge in [0.25, 0.3) is 0 Å². The molecule has 1 aromatic carbocycles. The topological polar surface area (TPSA) is 38.7 Å². The van der Waals surface area contributed by atoms with E-state index in [9.17, 15) is 0 Å². The Morgan fingerprint density at radius 2 is 1.58 bits per heavy atom. The predicted molar refractivity (Wildman–Crippen MR) is 69.5 cm³/mol. The molecule has 95 valence electrons. The van der Waals surface area contributed by atoms with Gasteiger partial charge in [0.15, 0.2) is 0 Å². The van der Waals surface area contributed by atoms with E-state index in [1.54, 1.807) is 24.7 Å². The predicted octanol–water partition coefficient (Wildman–Crippen LogP) is 3.00. The zero-order valence-electron chi connectivity index (χ0n) is 9.95. The van der Waals surface area contributed by atoms with Gasteiger partial charge < -0.3 is 4.98 Å². The van der Waals surface area contributed by atoms with Gasteiger partial charge in [-0.3, -0.25) is 0 Å². The summed E-state index contributed by atoms with van der Waals surface area (Å²) in [5, 5.41) is 0. The van der Waals surface area contributed by atoms with Crippen molar-refractivity contribution in [3.8, 4) is 22.6 Å². The maximum absolute atomic E-state index is 4.29. The Labute approximate surface area is 125 Å². The first-order valence-electron chi connectivity index (χ1n) is 5.64. The van der Waals surface area contributed by atoms with E-state index in [0.717, 1.165) is 16.8 Å². The summed E-state index contributed by atoms with van der Waals surface area (Å²) in [4.78, 5) is 12.7. The van der Waals surface area contributed by atoms with Crippen molar-refractivity contribution in [3.05, 3.63) is 67.1 Å². The van der Waals surface area contributed by atoms with Gasteiger partial charge in [-0.25, -0.2) is 9.97 Å². The minimum absolute atomic E-state index is 0. The molecule has 0 aliphatic carbocycles. The molecule has 2 aromatic heterocycles. The van der Waals surface area contributed by atoms with E-state index in [2.05, 4.69) is 21.0 Å². The van der Waals surface area contributed by atoms with Crippen molar-refractivity contribution >= 4 is 0 Å². The maximum atomic E-state index is 4.29. The fourth-order valence-electron chi connectivity index (χ4n) is 1.69. The molecule has 3 rings (SSSR count). The van der Waals surface area contributed by atoms with Crippen molar-refractivity contribution in [2.75, 3.05) is 0 Å². The first kappa shape index (κ1) is 13.5. The van der Waals surface area contributed by atoms with Crippen LogP contribution in [0, 0.1) is 6.07 Å². The van der Waals surface area contributed by atoms with E-state index < -0.39 is 0 Å². The number of pyridine rings is 1. The first-order valence-corrected chi connectivity index (χ1v) is 5.64. The second-order valence-electron chi connectivity index (χ2n) is 3.78. The van der Waals surface area contributed by atoms with Gasteiger partial charge in [-0.1, -0.05) is 17.7 Å². The summed E-state index contributed by atoms with van der Waals surface area (Å²) in [5.74, 6) is 0.710. The Kier molecular flexibility index (Phi) is 4.50. The molecule has 0 bridgehead atoms. The minimum atomic E-state index is 0. The molecule has 0 aliphatic heterocycles.